The molecule has 5 nitrogen and oxygen atoms in total. The summed E-state index contributed by atoms with van der Waals surface area (Å²) in [7, 11) is 0. The van der Waals surface area contributed by atoms with Crippen molar-refractivity contribution in [2.24, 2.45) is 0 Å². The molecule has 0 aliphatic heterocycles. The summed E-state index contributed by atoms with van der Waals surface area (Å²) in [6.45, 7) is 0. The largest absolute Gasteiger partial charge is 0.451 e. The third-order valence-electron chi connectivity index (χ3n) is 3.08. The van der Waals surface area contributed by atoms with Crippen molar-refractivity contribution in [2.75, 3.05) is 5.32 Å². The van der Waals surface area contributed by atoms with Gasteiger partial charge in [-0.1, -0.05) is 6.07 Å². The van der Waals surface area contributed by atoms with Gasteiger partial charge in [-0.15, -0.1) is 0 Å². The zero-order valence-corrected chi connectivity index (χ0v) is 12.9. The monoisotopic (exact) mass is 376 g/mol. The minimum absolute atomic E-state index is 0.0518. The van der Waals surface area contributed by atoms with E-state index in [2.05, 4.69) is 5.32 Å². The Kier molecular flexibility index (Phi) is 5.59. The van der Waals surface area contributed by atoms with Crippen LogP contribution in [-0.4, -0.2) is 0 Å². The summed E-state index contributed by atoms with van der Waals surface area (Å²) < 4.78 is 71.6. The first-order valence-corrected chi connectivity index (χ1v) is 6.85. The van der Waals surface area contributed by atoms with Gasteiger partial charge in [-0.2, -0.15) is 24.6 Å². The van der Waals surface area contributed by atoms with Crippen LogP contribution in [0, 0.1) is 63.1 Å². The number of hydrogen-bond acceptors (Lipinski definition) is 5. The molecule has 0 unspecified atom stereocenters. The summed E-state index contributed by atoms with van der Waals surface area (Å²) in [6.07, 6.45) is 0. The Morgan fingerprint density at radius 2 is 1.37 bits per heavy atom. The Labute approximate surface area is 148 Å². The van der Waals surface area contributed by atoms with E-state index in [1.807, 2.05) is 0 Å². The molecular weight excluding hydrogens is 371 g/mol. The van der Waals surface area contributed by atoms with Gasteiger partial charge in [0.25, 0.3) is 0 Å². The molecule has 0 saturated heterocycles. The topological polar surface area (TPSA) is 92.6 Å². The summed E-state index contributed by atoms with van der Waals surface area (Å²) in [6, 6.07) is 9.39. The van der Waals surface area contributed by atoms with Crippen LogP contribution in [0.3, 0.4) is 0 Å². The van der Waals surface area contributed by atoms with Gasteiger partial charge in [0.05, 0.1) is 0 Å². The normalized spacial score (nSPS) is 9.56. The number of nitrogens with one attached hydrogen (secondary N) is 1. The maximum atomic E-state index is 13.7. The Morgan fingerprint density at radius 1 is 0.815 bits per heavy atom. The van der Waals surface area contributed by atoms with E-state index >= 15 is 0 Å². The summed E-state index contributed by atoms with van der Waals surface area (Å²) in [4.78, 5) is 0. The van der Waals surface area contributed by atoms with Crippen molar-refractivity contribution < 1.29 is 26.7 Å². The van der Waals surface area contributed by atoms with Crippen molar-refractivity contribution in [2.45, 2.75) is 0 Å². The molecule has 1 N–H and O–H groups in total. The SMILES string of the molecule is N#CC(C#N)=C(C#N)Nc1cccc(Oc2c(F)c(F)c(F)c(F)c2F)c1. The predicted molar refractivity (Wildman–Crippen MR) is 80.2 cm³/mol. The van der Waals surface area contributed by atoms with Crippen molar-refractivity contribution >= 4 is 5.69 Å². The lowest BCUT2D eigenvalue weighted by Gasteiger charge is -2.11. The maximum Gasteiger partial charge on any atom is 0.207 e. The molecule has 0 aliphatic rings. The third kappa shape index (κ3) is 3.78. The molecule has 0 fully saturated rings. The Bertz CT molecular complexity index is 1030. The van der Waals surface area contributed by atoms with Gasteiger partial charge in [0, 0.05) is 11.8 Å². The molecule has 2 aromatic carbocycles. The minimum atomic E-state index is -2.32. The molecule has 0 bridgehead atoms. The zero-order valence-electron chi connectivity index (χ0n) is 12.9. The number of hydrogen-bond donors (Lipinski definition) is 1. The Morgan fingerprint density at radius 3 is 1.89 bits per heavy atom. The average Bonchev–Trinajstić information content (AvgIpc) is 2.68. The highest BCUT2D eigenvalue weighted by molar-refractivity contribution is 5.60. The molecule has 0 heterocycles. The highest BCUT2D eigenvalue weighted by Gasteiger charge is 2.27. The number of benzene rings is 2. The van der Waals surface area contributed by atoms with E-state index in [1.54, 1.807) is 6.07 Å². The molecule has 134 valence electrons. The quantitative estimate of drug-likeness (QED) is 0.369. The highest BCUT2D eigenvalue weighted by atomic mass is 19.2. The summed E-state index contributed by atoms with van der Waals surface area (Å²) in [5, 5.41) is 28.9. The van der Waals surface area contributed by atoms with Crippen LogP contribution in [-0.2, 0) is 0 Å². The predicted octanol–water partition coefficient (Wildman–Crippen LogP) is 4.41. The van der Waals surface area contributed by atoms with Crippen molar-refractivity contribution in [1.82, 2.24) is 0 Å². The third-order valence-corrected chi connectivity index (χ3v) is 3.08. The molecule has 27 heavy (non-hydrogen) atoms. The molecule has 0 aliphatic carbocycles. The van der Waals surface area contributed by atoms with Gasteiger partial charge in [-0.05, 0) is 12.1 Å². The van der Waals surface area contributed by atoms with Crippen LogP contribution in [0.4, 0.5) is 27.6 Å². The van der Waals surface area contributed by atoms with Crippen LogP contribution >= 0.6 is 0 Å². The Balaban J connectivity index is 2.42. The van der Waals surface area contributed by atoms with Gasteiger partial charge in [-0.3, -0.25) is 0 Å². The molecular formula is C17H5F5N4O. The maximum absolute atomic E-state index is 13.7. The fraction of sp³-hybridized carbons (Fsp3) is 0. The molecule has 2 rings (SSSR count). The number of nitriles is 3. The van der Waals surface area contributed by atoms with Gasteiger partial charge in [-0.25, -0.2) is 13.2 Å². The van der Waals surface area contributed by atoms with Crippen molar-refractivity contribution in [3.05, 3.63) is 64.6 Å². The molecule has 0 saturated carbocycles. The number of ether oxygens (including phenoxy) is 1. The summed E-state index contributed by atoms with van der Waals surface area (Å²) in [5.41, 5.74) is -0.882. The van der Waals surface area contributed by atoms with E-state index < -0.39 is 46.1 Å². The van der Waals surface area contributed by atoms with E-state index in [9.17, 15) is 22.0 Å². The second-order valence-electron chi connectivity index (χ2n) is 4.74. The van der Waals surface area contributed by atoms with E-state index in [-0.39, 0.29) is 11.4 Å². The van der Waals surface area contributed by atoms with Gasteiger partial charge < -0.3 is 10.1 Å². The number of halogens is 5. The molecule has 10 heteroatoms. The molecule has 0 amide bonds. The lowest BCUT2D eigenvalue weighted by atomic mass is 10.2. The van der Waals surface area contributed by atoms with E-state index in [1.165, 1.54) is 24.3 Å². The lowest BCUT2D eigenvalue weighted by molar-refractivity contribution is 0.332. The number of anilines is 1. The van der Waals surface area contributed by atoms with Crippen LogP contribution in [0.1, 0.15) is 0 Å². The minimum Gasteiger partial charge on any atom is -0.451 e. The first-order valence-electron chi connectivity index (χ1n) is 6.85. The first-order chi connectivity index (χ1) is 12.8. The molecule has 0 aromatic heterocycles. The fourth-order valence-electron chi connectivity index (χ4n) is 1.86. The lowest BCUT2D eigenvalue weighted by Crippen LogP contribution is -2.04. The van der Waals surface area contributed by atoms with Crippen LogP contribution in [0.15, 0.2) is 35.5 Å². The molecule has 0 atom stereocenters. The number of rotatable bonds is 4. The van der Waals surface area contributed by atoms with Crippen molar-refractivity contribution in [3.8, 4) is 29.7 Å². The van der Waals surface area contributed by atoms with Crippen molar-refractivity contribution in [1.29, 1.82) is 15.8 Å². The van der Waals surface area contributed by atoms with Gasteiger partial charge in [0.1, 0.15) is 29.7 Å². The number of nitrogens with zero attached hydrogens (tertiary/aromatic N) is 3. The average molecular weight is 376 g/mol. The second kappa shape index (κ2) is 7.85. The molecule has 0 spiro atoms. The van der Waals surface area contributed by atoms with Gasteiger partial charge in [0.15, 0.2) is 5.57 Å². The van der Waals surface area contributed by atoms with Gasteiger partial charge >= 0.3 is 0 Å². The van der Waals surface area contributed by atoms with E-state index in [0.717, 1.165) is 12.1 Å². The molecule has 0 radical (unpaired) electrons. The molecule has 2 aromatic rings. The highest BCUT2D eigenvalue weighted by Crippen LogP contribution is 2.33. The van der Waals surface area contributed by atoms with Crippen LogP contribution < -0.4 is 10.1 Å². The second-order valence-corrected chi connectivity index (χ2v) is 4.74. The Hall–Kier alpha value is -4.10. The zero-order chi connectivity index (χ0) is 20.1. The van der Waals surface area contributed by atoms with Crippen molar-refractivity contribution in [3.63, 3.8) is 0 Å². The van der Waals surface area contributed by atoms with Crippen LogP contribution in [0.2, 0.25) is 0 Å². The van der Waals surface area contributed by atoms with E-state index in [4.69, 9.17) is 20.5 Å². The van der Waals surface area contributed by atoms with Crippen LogP contribution in [0.5, 0.6) is 11.5 Å². The number of allylic oxidation sites excluding steroid dienone is 2. The summed E-state index contributed by atoms with van der Waals surface area (Å²) in [5.74, 6) is -12.8. The van der Waals surface area contributed by atoms with Crippen LogP contribution in [0.25, 0.3) is 0 Å². The van der Waals surface area contributed by atoms with E-state index in [0.29, 0.717) is 0 Å². The standard InChI is InChI=1S/C17H5F5N4O/c18-12-13(19)15(21)17(16(22)14(12)20)27-10-3-1-2-9(4-10)26-11(7-25)8(5-23)6-24/h1-4,26H. The smallest absolute Gasteiger partial charge is 0.207 e. The fourth-order valence-corrected chi connectivity index (χ4v) is 1.86. The first kappa shape index (κ1) is 19.2. The summed E-state index contributed by atoms with van der Waals surface area (Å²) >= 11 is 0. The van der Waals surface area contributed by atoms with Gasteiger partial charge in [0.2, 0.25) is 34.8 Å².